The van der Waals surface area contributed by atoms with Crippen molar-refractivity contribution >= 4 is 28.3 Å². The Hall–Kier alpha value is -2.20. The van der Waals surface area contributed by atoms with Crippen LogP contribution in [0.3, 0.4) is 0 Å². The van der Waals surface area contributed by atoms with Crippen molar-refractivity contribution in [1.29, 1.82) is 0 Å². The predicted octanol–water partition coefficient (Wildman–Crippen LogP) is 3.70. The number of nitrogens with zero attached hydrogens (tertiary/aromatic N) is 2. The molecule has 0 unspecified atom stereocenters. The van der Waals surface area contributed by atoms with Gasteiger partial charge >= 0.3 is 0 Å². The number of hydrogen-bond acceptors (Lipinski definition) is 3. The van der Waals surface area contributed by atoms with Gasteiger partial charge in [-0.15, -0.1) is 0 Å². The molecule has 0 aliphatic carbocycles. The Bertz CT molecular complexity index is 841. The average Bonchev–Trinajstić information content (AvgIpc) is 2.83. The van der Waals surface area contributed by atoms with Gasteiger partial charge in [0.05, 0.1) is 22.3 Å². The number of halogens is 1. The second-order valence-electron chi connectivity index (χ2n) is 5.08. The number of para-hydroxylation sites is 1. The Morgan fingerprint density at radius 2 is 2.19 bits per heavy atom. The standard InChI is InChI=1S/C16H14ClN3O/c1-20-14-9-10(17)5-6-12(14)19-16(20)11-3-2-4-13-15(11)21-8-7-18-13/h2-6,9,18H,7-8H2,1H3. The highest BCUT2D eigenvalue weighted by molar-refractivity contribution is 6.31. The zero-order valence-electron chi connectivity index (χ0n) is 11.6. The summed E-state index contributed by atoms with van der Waals surface area (Å²) < 4.78 is 7.89. The molecule has 2 heterocycles. The van der Waals surface area contributed by atoms with E-state index in [1.807, 2.05) is 43.4 Å². The first kappa shape index (κ1) is 12.5. The van der Waals surface area contributed by atoms with Crippen molar-refractivity contribution in [2.45, 2.75) is 0 Å². The maximum atomic E-state index is 6.09. The summed E-state index contributed by atoms with van der Waals surface area (Å²) in [4.78, 5) is 4.73. The molecule has 3 aromatic rings. The highest BCUT2D eigenvalue weighted by Gasteiger charge is 2.19. The maximum Gasteiger partial charge on any atom is 0.153 e. The third-order valence-electron chi connectivity index (χ3n) is 3.76. The van der Waals surface area contributed by atoms with Crippen LogP contribution in [0.25, 0.3) is 22.4 Å². The van der Waals surface area contributed by atoms with E-state index in [9.17, 15) is 0 Å². The lowest BCUT2D eigenvalue weighted by Crippen LogP contribution is -2.18. The van der Waals surface area contributed by atoms with Crippen LogP contribution in [-0.2, 0) is 7.05 Å². The second-order valence-corrected chi connectivity index (χ2v) is 5.52. The molecule has 4 rings (SSSR count). The van der Waals surface area contributed by atoms with Crippen LogP contribution >= 0.6 is 11.6 Å². The fourth-order valence-electron chi connectivity index (χ4n) is 2.75. The van der Waals surface area contributed by atoms with E-state index in [4.69, 9.17) is 21.3 Å². The molecule has 21 heavy (non-hydrogen) atoms. The summed E-state index contributed by atoms with van der Waals surface area (Å²) in [5, 5.41) is 4.06. The van der Waals surface area contributed by atoms with E-state index < -0.39 is 0 Å². The number of aryl methyl sites for hydroxylation is 1. The molecule has 4 nitrogen and oxygen atoms in total. The van der Waals surface area contributed by atoms with Crippen LogP contribution in [-0.4, -0.2) is 22.7 Å². The number of rotatable bonds is 1. The number of nitrogens with one attached hydrogen (secondary N) is 1. The van der Waals surface area contributed by atoms with E-state index >= 15 is 0 Å². The van der Waals surface area contributed by atoms with Gasteiger partial charge in [0.2, 0.25) is 0 Å². The molecule has 0 bridgehead atoms. The van der Waals surface area contributed by atoms with Crippen molar-refractivity contribution < 1.29 is 4.74 Å². The molecule has 0 fully saturated rings. The maximum absolute atomic E-state index is 6.09. The summed E-state index contributed by atoms with van der Waals surface area (Å²) in [5.41, 5.74) is 3.95. The molecule has 1 aliphatic rings. The van der Waals surface area contributed by atoms with E-state index in [1.165, 1.54) is 0 Å². The molecule has 0 amide bonds. The summed E-state index contributed by atoms with van der Waals surface area (Å²) in [5.74, 6) is 1.75. The first-order valence-corrected chi connectivity index (χ1v) is 7.24. The lowest BCUT2D eigenvalue weighted by atomic mass is 10.1. The minimum Gasteiger partial charge on any atom is -0.489 e. The smallest absolute Gasteiger partial charge is 0.153 e. The van der Waals surface area contributed by atoms with Gasteiger partial charge < -0.3 is 14.6 Å². The van der Waals surface area contributed by atoms with Crippen LogP contribution in [0.4, 0.5) is 5.69 Å². The first-order valence-electron chi connectivity index (χ1n) is 6.86. The molecule has 106 valence electrons. The minimum atomic E-state index is 0.666. The quantitative estimate of drug-likeness (QED) is 0.745. The van der Waals surface area contributed by atoms with E-state index in [1.54, 1.807) is 0 Å². The Kier molecular flexibility index (Phi) is 2.79. The van der Waals surface area contributed by atoms with Gasteiger partial charge in [0, 0.05) is 18.6 Å². The lowest BCUT2D eigenvalue weighted by Gasteiger charge is -2.21. The van der Waals surface area contributed by atoms with Crippen LogP contribution in [0, 0.1) is 0 Å². The third kappa shape index (κ3) is 1.94. The Balaban J connectivity index is 1.97. The molecule has 0 saturated heterocycles. The molecule has 1 aliphatic heterocycles. The summed E-state index contributed by atoms with van der Waals surface area (Å²) in [6.07, 6.45) is 0. The normalized spacial score (nSPS) is 13.6. The summed E-state index contributed by atoms with van der Waals surface area (Å²) >= 11 is 6.09. The number of aromatic nitrogens is 2. The molecule has 5 heteroatoms. The van der Waals surface area contributed by atoms with Crippen molar-refractivity contribution in [3.05, 3.63) is 41.4 Å². The molecule has 0 radical (unpaired) electrons. The second kappa shape index (κ2) is 4.67. The highest BCUT2D eigenvalue weighted by Crippen LogP contribution is 2.38. The fourth-order valence-corrected chi connectivity index (χ4v) is 2.92. The van der Waals surface area contributed by atoms with Gasteiger partial charge in [-0.05, 0) is 30.3 Å². The number of imidazole rings is 1. The van der Waals surface area contributed by atoms with Gasteiger partial charge in [0.15, 0.2) is 5.75 Å². The van der Waals surface area contributed by atoms with Crippen LogP contribution in [0.2, 0.25) is 5.02 Å². The minimum absolute atomic E-state index is 0.666. The van der Waals surface area contributed by atoms with Gasteiger partial charge in [0.1, 0.15) is 12.4 Å². The fraction of sp³-hybridized carbons (Fsp3) is 0.188. The van der Waals surface area contributed by atoms with Crippen molar-refractivity contribution in [3.63, 3.8) is 0 Å². The van der Waals surface area contributed by atoms with Crippen LogP contribution < -0.4 is 10.1 Å². The molecule has 0 spiro atoms. The Morgan fingerprint density at radius 1 is 1.29 bits per heavy atom. The summed E-state index contributed by atoms with van der Waals surface area (Å²) in [6, 6.07) is 11.8. The lowest BCUT2D eigenvalue weighted by molar-refractivity contribution is 0.324. The third-order valence-corrected chi connectivity index (χ3v) is 4.00. The van der Waals surface area contributed by atoms with Gasteiger partial charge in [-0.25, -0.2) is 4.98 Å². The highest BCUT2D eigenvalue weighted by atomic mass is 35.5. The molecule has 1 N–H and O–H groups in total. The average molecular weight is 300 g/mol. The molecule has 0 atom stereocenters. The summed E-state index contributed by atoms with van der Waals surface area (Å²) in [7, 11) is 2.00. The van der Waals surface area contributed by atoms with Gasteiger partial charge in [-0.1, -0.05) is 17.7 Å². The number of anilines is 1. The SMILES string of the molecule is Cn1c(-c2cccc3c2OCCN3)nc2ccc(Cl)cc21. The molecular formula is C16H14ClN3O. The van der Waals surface area contributed by atoms with Gasteiger partial charge in [-0.3, -0.25) is 0 Å². The van der Waals surface area contributed by atoms with Crippen LogP contribution in [0.1, 0.15) is 0 Å². The molecule has 1 aromatic heterocycles. The number of ether oxygens (including phenoxy) is 1. The number of hydrogen-bond donors (Lipinski definition) is 1. The molecular weight excluding hydrogens is 286 g/mol. The Labute approximate surface area is 127 Å². The van der Waals surface area contributed by atoms with Crippen molar-refractivity contribution in [2.24, 2.45) is 7.05 Å². The van der Waals surface area contributed by atoms with E-state index in [0.29, 0.717) is 11.6 Å². The zero-order chi connectivity index (χ0) is 14.4. The van der Waals surface area contributed by atoms with Crippen LogP contribution in [0.15, 0.2) is 36.4 Å². The van der Waals surface area contributed by atoms with Crippen molar-refractivity contribution in [3.8, 4) is 17.1 Å². The molecule has 0 saturated carbocycles. The largest absolute Gasteiger partial charge is 0.489 e. The van der Waals surface area contributed by atoms with Gasteiger partial charge in [-0.2, -0.15) is 0 Å². The molecule has 2 aromatic carbocycles. The zero-order valence-corrected chi connectivity index (χ0v) is 12.3. The van der Waals surface area contributed by atoms with Crippen LogP contribution in [0.5, 0.6) is 5.75 Å². The topological polar surface area (TPSA) is 39.1 Å². The monoisotopic (exact) mass is 299 g/mol. The van der Waals surface area contributed by atoms with E-state index in [0.717, 1.165) is 40.4 Å². The summed E-state index contributed by atoms with van der Waals surface area (Å²) in [6.45, 7) is 1.49. The first-order chi connectivity index (χ1) is 10.2. The van der Waals surface area contributed by atoms with Gasteiger partial charge in [0.25, 0.3) is 0 Å². The number of benzene rings is 2. The van der Waals surface area contributed by atoms with E-state index in [2.05, 4.69) is 9.88 Å². The van der Waals surface area contributed by atoms with E-state index in [-0.39, 0.29) is 0 Å². The number of fused-ring (bicyclic) bond motifs is 2. The predicted molar refractivity (Wildman–Crippen MR) is 85.1 cm³/mol. The Morgan fingerprint density at radius 3 is 3.10 bits per heavy atom. The van der Waals surface area contributed by atoms with Crippen molar-refractivity contribution in [1.82, 2.24) is 9.55 Å². The van der Waals surface area contributed by atoms with Crippen molar-refractivity contribution in [2.75, 3.05) is 18.5 Å².